The number of hydrogen-bond donors (Lipinski definition) is 1. The van der Waals surface area contributed by atoms with Crippen molar-refractivity contribution in [1.29, 1.82) is 0 Å². The second-order valence-corrected chi connectivity index (χ2v) is 12.3. The second kappa shape index (κ2) is 17.2. The van der Waals surface area contributed by atoms with Crippen molar-refractivity contribution < 1.29 is 42.4 Å². The van der Waals surface area contributed by atoms with Gasteiger partial charge in [-0.05, 0) is 30.5 Å². The van der Waals surface area contributed by atoms with E-state index in [2.05, 4.69) is 0 Å². The summed E-state index contributed by atoms with van der Waals surface area (Å²) in [4.78, 5) is 0. The quantitative estimate of drug-likeness (QED) is 0.191. The smallest absolute Gasteiger partial charge is 0.333 e. The Balaban J connectivity index is 1.66. The van der Waals surface area contributed by atoms with Gasteiger partial charge in [0, 0.05) is 7.11 Å². The molecule has 0 bridgehead atoms. The number of benzene rings is 3. The Kier molecular flexibility index (Phi) is 13.4. The van der Waals surface area contributed by atoms with E-state index >= 15 is 0 Å². The van der Waals surface area contributed by atoms with Gasteiger partial charge < -0.3 is 37.8 Å². The molecule has 1 N–H and O–H groups in total. The molecule has 0 unspecified atom stereocenters. The Morgan fingerprint density at radius 1 is 0.698 bits per heavy atom. The minimum atomic E-state index is -3.62. The van der Waals surface area contributed by atoms with Crippen molar-refractivity contribution in [3.63, 3.8) is 0 Å². The molecule has 1 heterocycles. The summed E-state index contributed by atoms with van der Waals surface area (Å²) >= 11 is 0. The molecule has 3 aromatic carbocycles. The molecule has 1 fully saturated rings. The van der Waals surface area contributed by atoms with E-state index in [0.717, 1.165) is 16.7 Å². The van der Waals surface area contributed by atoms with Crippen LogP contribution in [-0.4, -0.2) is 68.4 Å². The van der Waals surface area contributed by atoms with E-state index < -0.39 is 44.4 Å². The third kappa shape index (κ3) is 9.78. The van der Waals surface area contributed by atoms with Crippen molar-refractivity contribution in [2.75, 3.05) is 26.5 Å². The zero-order valence-electron chi connectivity index (χ0n) is 25.0. The van der Waals surface area contributed by atoms with Crippen LogP contribution < -0.4 is 0 Å². The van der Waals surface area contributed by atoms with E-state index in [1.807, 2.05) is 91.0 Å². The third-order valence-corrected chi connectivity index (χ3v) is 9.19. The standard InChI is InChI=1S/C33H43O9P/c1-4-40-43(35,41-5-2)24-28(34)29-30(37-21-25-15-9-6-10-16-25)31(38-22-26-17-11-7-12-18-26)32(33(36-3)42-29)39-23-27-19-13-8-14-20-27/h6-20,28-34H,4-5,21-24H2,1-3H3/t28-,29+,30+,31-,32-,33+/m0/s1. The van der Waals surface area contributed by atoms with E-state index in [1.165, 1.54) is 7.11 Å². The van der Waals surface area contributed by atoms with Crippen LogP contribution in [0.15, 0.2) is 91.0 Å². The summed E-state index contributed by atoms with van der Waals surface area (Å²) in [5.41, 5.74) is 2.86. The Morgan fingerprint density at radius 2 is 1.12 bits per heavy atom. The molecule has 1 aliphatic heterocycles. The second-order valence-electron chi connectivity index (χ2n) is 10.2. The Hall–Kier alpha value is -2.43. The van der Waals surface area contributed by atoms with Gasteiger partial charge in [-0.15, -0.1) is 0 Å². The van der Waals surface area contributed by atoms with Crippen LogP contribution >= 0.6 is 7.60 Å². The van der Waals surface area contributed by atoms with Gasteiger partial charge in [-0.3, -0.25) is 4.57 Å². The lowest BCUT2D eigenvalue weighted by atomic mass is 9.94. The normalized spacial score (nSPS) is 23.2. The van der Waals surface area contributed by atoms with Crippen molar-refractivity contribution in [2.45, 2.75) is 70.5 Å². The van der Waals surface area contributed by atoms with Gasteiger partial charge in [0.1, 0.15) is 24.4 Å². The first kappa shape index (κ1) is 33.5. The predicted molar refractivity (Wildman–Crippen MR) is 162 cm³/mol. The summed E-state index contributed by atoms with van der Waals surface area (Å²) in [7, 11) is -2.11. The lowest BCUT2D eigenvalue weighted by Gasteiger charge is -2.47. The monoisotopic (exact) mass is 614 g/mol. The molecule has 0 radical (unpaired) electrons. The lowest BCUT2D eigenvalue weighted by molar-refractivity contribution is -0.328. The minimum Gasteiger partial charge on any atom is -0.390 e. The highest BCUT2D eigenvalue weighted by atomic mass is 31.2. The fraction of sp³-hybridized carbons (Fsp3) is 0.455. The molecule has 4 rings (SSSR count). The van der Waals surface area contributed by atoms with Gasteiger partial charge in [0.25, 0.3) is 0 Å². The summed E-state index contributed by atoms with van der Waals surface area (Å²) in [5, 5.41) is 11.6. The number of aliphatic hydroxyl groups is 1. The summed E-state index contributed by atoms with van der Waals surface area (Å²) in [6.07, 6.45) is -5.78. The van der Waals surface area contributed by atoms with Crippen LogP contribution in [0.3, 0.4) is 0 Å². The fourth-order valence-electron chi connectivity index (χ4n) is 5.06. The van der Waals surface area contributed by atoms with Gasteiger partial charge in [0.2, 0.25) is 0 Å². The van der Waals surface area contributed by atoms with E-state index in [1.54, 1.807) is 13.8 Å². The van der Waals surface area contributed by atoms with Gasteiger partial charge in [-0.1, -0.05) is 91.0 Å². The molecular formula is C33H43O9P. The van der Waals surface area contributed by atoms with E-state index in [-0.39, 0.29) is 39.2 Å². The summed E-state index contributed by atoms with van der Waals surface area (Å²) in [5.74, 6) is 0. The Morgan fingerprint density at radius 3 is 1.53 bits per heavy atom. The molecule has 0 spiro atoms. The van der Waals surface area contributed by atoms with Crippen molar-refractivity contribution in [1.82, 2.24) is 0 Å². The molecule has 43 heavy (non-hydrogen) atoms. The van der Waals surface area contributed by atoms with Gasteiger partial charge >= 0.3 is 7.60 Å². The lowest BCUT2D eigenvalue weighted by Crippen LogP contribution is -2.63. The Labute approximate surface area is 254 Å². The fourth-order valence-corrected chi connectivity index (χ4v) is 6.80. The van der Waals surface area contributed by atoms with Gasteiger partial charge in [0.15, 0.2) is 6.29 Å². The maximum Gasteiger partial charge on any atom is 0.333 e. The molecule has 3 aromatic rings. The SMILES string of the molecule is CCOP(=O)(C[C@H](O)[C@H]1O[C@@H](OC)[C@@H](OCc2ccccc2)[C@@H](OCc2ccccc2)[C@@H]1OCc1ccccc1)OCC. The number of ether oxygens (including phenoxy) is 5. The average Bonchev–Trinajstić information content (AvgIpc) is 3.03. The topological polar surface area (TPSA) is 102 Å². The molecule has 234 valence electrons. The van der Waals surface area contributed by atoms with E-state index in [0.29, 0.717) is 0 Å². The maximum atomic E-state index is 13.4. The van der Waals surface area contributed by atoms with Crippen molar-refractivity contribution in [3.8, 4) is 0 Å². The van der Waals surface area contributed by atoms with Crippen LogP contribution in [0.5, 0.6) is 0 Å². The zero-order chi connectivity index (χ0) is 30.5. The number of aliphatic hydroxyl groups excluding tert-OH is 1. The van der Waals surface area contributed by atoms with Gasteiger partial charge in [-0.25, -0.2) is 0 Å². The Bertz CT molecular complexity index is 1220. The largest absolute Gasteiger partial charge is 0.390 e. The van der Waals surface area contributed by atoms with Crippen molar-refractivity contribution in [3.05, 3.63) is 108 Å². The molecule has 1 aliphatic rings. The summed E-state index contributed by atoms with van der Waals surface area (Å²) in [6, 6.07) is 29.2. The number of hydrogen-bond acceptors (Lipinski definition) is 9. The van der Waals surface area contributed by atoms with Crippen molar-refractivity contribution in [2.24, 2.45) is 0 Å². The number of methoxy groups -OCH3 is 1. The first-order valence-electron chi connectivity index (χ1n) is 14.7. The number of rotatable bonds is 17. The molecule has 0 amide bonds. The maximum absolute atomic E-state index is 13.4. The van der Waals surface area contributed by atoms with Gasteiger partial charge in [-0.2, -0.15) is 0 Å². The van der Waals surface area contributed by atoms with Crippen LogP contribution in [0, 0.1) is 0 Å². The summed E-state index contributed by atoms with van der Waals surface area (Å²) in [6.45, 7) is 4.56. The minimum absolute atomic E-state index is 0.169. The molecule has 6 atom stereocenters. The zero-order valence-corrected chi connectivity index (χ0v) is 25.9. The van der Waals surface area contributed by atoms with E-state index in [9.17, 15) is 9.67 Å². The first-order valence-corrected chi connectivity index (χ1v) is 16.4. The molecular weight excluding hydrogens is 571 g/mol. The summed E-state index contributed by atoms with van der Waals surface area (Å²) < 4.78 is 56.0. The molecule has 0 aromatic heterocycles. The highest BCUT2D eigenvalue weighted by molar-refractivity contribution is 7.53. The van der Waals surface area contributed by atoms with Crippen LogP contribution in [0.25, 0.3) is 0 Å². The van der Waals surface area contributed by atoms with Crippen LogP contribution in [0.4, 0.5) is 0 Å². The highest BCUT2D eigenvalue weighted by Crippen LogP contribution is 2.49. The molecule has 10 heteroatoms. The van der Waals surface area contributed by atoms with Crippen molar-refractivity contribution >= 4 is 7.60 Å². The average molecular weight is 615 g/mol. The van der Waals surface area contributed by atoms with Gasteiger partial charge in [0.05, 0.1) is 45.3 Å². The van der Waals surface area contributed by atoms with Crippen LogP contribution in [0.1, 0.15) is 30.5 Å². The predicted octanol–water partition coefficient (Wildman–Crippen LogP) is 5.74. The highest BCUT2D eigenvalue weighted by Gasteiger charge is 2.52. The molecule has 9 nitrogen and oxygen atoms in total. The van der Waals surface area contributed by atoms with Crippen LogP contribution in [-0.2, 0) is 57.1 Å². The van der Waals surface area contributed by atoms with Crippen LogP contribution in [0.2, 0.25) is 0 Å². The van der Waals surface area contributed by atoms with E-state index in [4.69, 9.17) is 32.7 Å². The molecule has 0 saturated carbocycles. The molecule has 0 aliphatic carbocycles. The molecule has 1 saturated heterocycles. The first-order chi connectivity index (χ1) is 21.0. The third-order valence-electron chi connectivity index (χ3n) is 7.06.